The second-order valence-corrected chi connectivity index (χ2v) is 9.90. The van der Waals surface area contributed by atoms with Gasteiger partial charge in [-0.1, -0.05) is 40.2 Å². The Balaban J connectivity index is 2.70. The molecule has 0 aliphatic carbocycles. The van der Waals surface area contributed by atoms with Crippen molar-refractivity contribution in [2.24, 2.45) is 23.5 Å². The minimum absolute atomic E-state index is 0.0232. The number of nitrogens with one attached hydrogen (secondary N) is 1. The molecule has 208 valence electrons. The first-order valence-electron chi connectivity index (χ1n) is 13.3. The normalized spacial score (nSPS) is 14.8. The number of hydrogen-bond donors (Lipinski definition) is 3. The smallest absolute Gasteiger partial charge is 0.222 e. The van der Waals surface area contributed by atoms with E-state index in [9.17, 15) is 9.90 Å². The minimum Gasteiger partial charge on any atom is -0.493 e. The molecule has 0 heterocycles. The van der Waals surface area contributed by atoms with E-state index in [-0.39, 0.29) is 17.7 Å². The molecule has 36 heavy (non-hydrogen) atoms. The zero-order valence-electron chi connectivity index (χ0n) is 23.3. The van der Waals surface area contributed by atoms with Crippen LogP contribution < -0.4 is 20.5 Å². The number of benzene rings is 1. The van der Waals surface area contributed by atoms with Crippen LogP contribution in [0.15, 0.2) is 18.2 Å². The maximum atomic E-state index is 12.3. The third kappa shape index (κ3) is 12.4. The summed E-state index contributed by atoms with van der Waals surface area (Å²) in [5.74, 6) is 1.70. The first-order valence-corrected chi connectivity index (χ1v) is 13.3. The number of carbonyl (C=O) groups is 1. The summed E-state index contributed by atoms with van der Waals surface area (Å²) in [4.78, 5) is 12.3. The molecule has 0 saturated carbocycles. The Morgan fingerprint density at radius 1 is 1.06 bits per heavy atom. The lowest BCUT2D eigenvalue weighted by Gasteiger charge is -2.28. The number of nitrogens with two attached hydrogens (primary N) is 1. The van der Waals surface area contributed by atoms with Crippen LogP contribution in [0.3, 0.4) is 0 Å². The molecule has 0 aliphatic heterocycles. The van der Waals surface area contributed by atoms with Crippen LogP contribution in [0.25, 0.3) is 0 Å². The molecule has 0 fully saturated rings. The van der Waals surface area contributed by atoms with Crippen LogP contribution in [0.2, 0.25) is 0 Å². The molecule has 8 heteroatoms. The molecule has 0 unspecified atom stereocenters. The number of aliphatic hydroxyl groups excluding tert-OH is 1. The summed E-state index contributed by atoms with van der Waals surface area (Å²) in [6.45, 7) is 10.9. The van der Waals surface area contributed by atoms with Gasteiger partial charge in [0.1, 0.15) is 6.61 Å². The SMILES string of the molecule is CCCCNC(=O)[C@H](C)C[C@H](O)[C@@H](N)C[C@H](Cc1ccc(OC)c(OCCOCCOC)c1)C(C)C. The van der Waals surface area contributed by atoms with Gasteiger partial charge >= 0.3 is 0 Å². The number of carbonyl (C=O) groups excluding carboxylic acids is 1. The van der Waals surface area contributed by atoms with Crippen molar-refractivity contribution in [3.05, 3.63) is 23.8 Å². The monoisotopic (exact) mass is 510 g/mol. The zero-order chi connectivity index (χ0) is 26.9. The molecule has 0 saturated heterocycles. The van der Waals surface area contributed by atoms with E-state index in [4.69, 9.17) is 24.7 Å². The number of unbranched alkanes of at least 4 members (excludes halogenated alkanes) is 1. The van der Waals surface area contributed by atoms with Gasteiger partial charge in [0.25, 0.3) is 0 Å². The van der Waals surface area contributed by atoms with Crippen LogP contribution in [-0.2, 0) is 20.7 Å². The average molecular weight is 511 g/mol. The van der Waals surface area contributed by atoms with Gasteiger partial charge in [-0.3, -0.25) is 4.79 Å². The molecular weight excluding hydrogens is 460 g/mol. The lowest BCUT2D eigenvalue weighted by molar-refractivity contribution is -0.125. The molecule has 0 radical (unpaired) electrons. The van der Waals surface area contributed by atoms with Crippen molar-refractivity contribution in [3.63, 3.8) is 0 Å². The van der Waals surface area contributed by atoms with Gasteiger partial charge in [-0.2, -0.15) is 0 Å². The van der Waals surface area contributed by atoms with Gasteiger partial charge in [0, 0.05) is 25.6 Å². The first kappa shape index (κ1) is 32.2. The maximum absolute atomic E-state index is 12.3. The zero-order valence-corrected chi connectivity index (χ0v) is 23.3. The largest absolute Gasteiger partial charge is 0.493 e. The molecule has 1 aromatic rings. The highest BCUT2D eigenvalue weighted by Crippen LogP contribution is 2.31. The number of rotatable bonds is 20. The van der Waals surface area contributed by atoms with Gasteiger partial charge in [-0.15, -0.1) is 0 Å². The second-order valence-electron chi connectivity index (χ2n) is 9.90. The molecular formula is C28H50N2O6. The standard InChI is InChI=1S/C28H50N2O6/c1-7-8-11-30-28(32)21(4)16-25(31)24(29)19-23(20(2)3)17-22-9-10-26(34-6)27(18-22)36-15-14-35-13-12-33-5/h9-10,18,20-21,23-25,31H,7-8,11-17,19,29H2,1-6H3,(H,30,32)/t21-,23+,24+,25+/m1/s1. The summed E-state index contributed by atoms with van der Waals surface area (Å²) < 4.78 is 21.8. The third-order valence-corrected chi connectivity index (χ3v) is 6.53. The van der Waals surface area contributed by atoms with E-state index < -0.39 is 12.1 Å². The molecule has 0 bridgehead atoms. The lowest BCUT2D eigenvalue weighted by Crippen LogP contribution is -2.41. The average Bonchev–Trinajstić information content (AvgIpc) is 2.85. The van der Waals surface area contributed by atoms with Gasteiger partial charge in [-0.05, 0) is 55.2 Å². The van der Waals surface area contributed by atoms with Crippen molar-refractivity contribution in [2.75, 3.05) is 47.2 Å². The molecule has 0 aliphatic rings. The van der Waals surface area contributed by atoms with Gasteiger partial charge in [-0.25, -0.2) is 0 Å². The van der Waals surface area contributed by atoms with E-state index in [1.165, 1.54) is 0 Å². The topological polar surface area (TPSA) is 112 Å². The van der Waals surface area contributed by atoms with Crippen molar-refractivity contribution in [1.82, 2.24) is 5.32 Å². The molecule has 4 atom stereocenters. The van der Waals surface area contributed by atoms with Crippen LogP contribution in [0.4, 0.5) is 0 Å². The Labute approximate surface area is 218 Å². The quantitative estimate of drug-likeness (QED) is 0.230. The highest BCUT2D eigenvalue weighted by Gasteiger charge is 2.26. The Kier molecular flexibility index (Phi) is 16.4. The van der Waals surface area contributed by atoms with Crippen LogP contribution >= 0.6 is 0 Å². The van der Waals surface area contributed by atoms with Crippen molar-refractivity contribution in [1.29, 1.82) is 0 Å². The second kappa shape index (κ2) is 18.4. The van der Waals surface area contributed by atoms with Crippen LogP contribution in [0.1, 0.15) is 58.9 Å². The number of methoxy groups -OCH3 is 2. The number of amides is 1. The maximum Gasteiger partial charge on any atom is 0.222 e. The molecule has 0 spiro atoms. The number of aliphatic hydroxyl groups is 1. The van der Waals surface area contributed by atoms with Crippen molar-refractivity contribution in [3.8, 4) is 11.5 Å². The van der Waals surface area contributed by atoms with Crippen molar-refractivity contribution < 1.29 is 28.8 Å². The van der Waals surface area contributed by atoms with Crippen LogP contribution in [0.5, 0.6) is 11.5 Å². The summed E-state index contributed by atoms with van der Waals surface area (Å²) in [7, 11) is 3.27. The highest BCUT2D eigenvalue weighted by atomic mass is 16.5. The van der Waals surface area contributed by atoms with Crippen molar-refractivity contribution >= 4 is 5.91 Å². The summed E-state index contributed by atoms with van der Waals surface area (Å²) in [6, 6.07) is 5.57. The fourth-order valence-electron chi connectivity index (χ4n) is 4.02. The predicted molar refractivity (Wildman–Crippen MR) is 144 cm³/mol. The molecule has 8 nitrogen and oxygen atoms in total. The molecule has 1 amide bonds. The third-order valence-electron chi connectivity index (χ3n) is 6.53. The van der Waals surface area contributed by atoms with E-state index in [0.717, 1.165) is 24.8 Å². The first-order chi connectivity index (χ1) is 17.2. The fraction of sp³-hybridized carbons (Fsp3) is 0.750. The highest BCUT2D eigenvalue weighted by molar-refractivity contribution is 5.78. The van der Waals surface area contributed by atoms with E-state index >= 15 is 0 Å². The molecule has 1 aromatic carbocycles. The Hall–Kier alpha value is -1.87. The molecule has 4 N–H and O–H groups in total. The predicted octanol–water partition coefficient (Wildman–Crippen LogP) is 3.57. The van der Waals surface area contributed by atoms with Crippen molar-refractivity contribution in [2.45, 2.75) is 71.9 Å². The summed E-state index contributed by atoms with van der Waals surface area (Å²) in [6.07, 6.45) is 3.08. The molecule has 0 aromatic heterocycles. The Bertz CT molecular complexity index is 730. The van der Waals surface area contributed by atoms with Crippen LogP contribution in [0, 0.1) is 17.8 Å². The number of hydrogen-bond acceptors (Lipinski definition) is 7. The fourth-order valence-corrected chi connectivity index (χ4v) is 4.02. The van der Waals surface area contributed by atoms with Crippen LogP contribution in [-0.4, -0.2) is 70.4 Å². The summed E-state index contributed by atoms with van der Waals surface area (Å²) in [5, 5.41) is 13.7. The Morgan fingerprint density at radius 2 is 1.78 bits per heavy atom. The van der Waals surface area contributed by atoms with E-state index in [0.29, 0.717) is 63.2 Å². The summed E-state index contributed by atoms with van der Waals surface area (Å²) in [5.41, 5.74) is 7.54. The summed E-state index contributed by atoms with van der Waals surface area (Å²) >= 11 is 0. The Morgan fingerprint density at radius 3 is 2.42 bits per heavy atom. The van der Waals surface area contributed by atoms with Gasteiger partial charge in [0.15, 0.2) is 11.5 Å². The number of ether oxygens (including phenoxy) is 4. The van der Waals surface area contributed by atoms with Gasteiger partial charge in [0.05, 0.1) is 33.0 Å². The van der Waals surface area contributed by atoms with E-state index in [1.54, 1.807) is 14.2 Å². The minimum atomic E-state index is -0.731. The van der Waals surface area contributed by atoms with E-state index in [2.05, 4.69) is 26.1 Å². The molecule has 1 rings (SSSR count). The van der Waals surface area contributed by atoms with Gasteiger partial charge in [0.2, 0.25) is 5.91 Å². The van der Waals surface area contributed by atoms with E-state index in [1.807, 2.05) is 25.1 Å². The van der Waals surface area contributed by atoms with Gasteiger partial charge < -0.3 is 35.1 Å². The lowest BCUT2D eigenvalue weighted by atomic mass is 9.82.